The highest BCUT2D eigenvalue weighted by Crippen LogP contribution is 2.65. The van der Waals surface area contributed by atoms with Crippen molar-refractivity contribution in [2.75, 3.05) is 12.0 Å². The van der Waals surface area contributed by atoms with E-state index in [1.807, 2.05) is 79.7 Å². The van der Waals surface area contributed by atoms with Crippen molar-refractivity contribution in [2.45, 2.75) is 37.5 Å². The molecule has 2 aliphatic carbocycles. The summed E-state index contributed by atoms with van der Waals surface area (Å²) in [6.45, 7) is 1.70. The minimum Gasteiger partial charge on any atom is -0.508 e. The van der Waals surface area contributed by atoms with E-state index in [-0.39, 0.29) is 31.6 Å². The number of rotatable bonds is 7. The number of anilines is 1. The van der Waals surface area contributed by atoms with Crippen LogP contribution in [0.5, 0.6) is 5.75 Å². The van der Waals surface area contributed by atoms with Crippen molar-refractivity contribution in [3.05, 3.63) is 119 Å². The van der Waals surface area contributed by atoms with Crippen LogP contribution < -0.4 is 5.43 Å². The summed E-state index contributed by atoms with van der Waals surface area (Å²) in [6.07, 6.45) is 1.86. The average molecular weight is 670 g/mol. The SMILES string of the molecule is Cc1ccc(NN2C(=O)C3CC4C(=CCC5C(=O)N(CCC(=O)O)C(=O)C54)C(c4c(O)ccc5ccccc45)C3(c3ccccc3)C2=O)cc1. The Labute approximate surface area is 288 Å². The van der Waals surface area contributed by atoms with Crippen LogP contribution in [0.15, 0.2) is 103 Å². The summed E-state index contributed by atoms with van der Waals surface area (Å²) in [4.78, 5) is 70.4. The van der Waals surface area contributed by atoms with Gasteiger partial charge in [-0.1, -0.05) is 90.0 Å². The van der Waals surface area contributed by atoms with E-state index >= 15 is 4.79 Å². The van der Waals surface area contributed by atoms with Gasteiger partial charge in [-0.3, -0.25) is 34.3 Å². The number of fused-ring (bicyclic) bond motifs is 5. The summed E-state index contributed by atoms with van der Waals surface area (Å²) in [5.74, 6) is -7.04. The second-order valence-electron chi connectivity index (χ2n) is 13.8. The molecule has 0 bridgehead atoms. The fourth-order valence-electron chi connectivity index (χ4n) is 9.14. The zero-order valence-corrected chi connectivity index (χ0v) is 27.3. The Morgan fingerprint density at radius 1 is 0.860 bits per heavy atom. The van der Waals surface area contributed by atoms with Crippen LogP contribution in [0, 0.1) is 30.6 Å². The molecule has 50 heavy (non-hydrogen) atoms. The van der Waals surface area contributed by atoms with Gasteiger partial charge in [0.1, 0.15) is 5.75 Å². The minimum atomic E-state index is -1.53. The number of allylic oxidation sites excluding steroid dienone is 2. The second-order valence-corrected chi connectivity index (χ2v) is 13.8. The van der Waals surface area contributed by atoms with E-state index < -0.39 is 64.6 Å². The van der Waals surface area contributed by atoms with E-state index in [1.165, 1.54) is 0 Å². The lowest BCUT2D eigenvalue weighted by atomic mass is 9.48. The van der Waals surface area contributed by atoms with E-state index in [0.717, 1.165) is 26.4 Å². The molecule has 4 aliphatic rings. The number of benzene rings is 4. The van der Waals surface area contributed by atoms with Crippen molar-refractivity contribution in [3.8, 4) is 5.75 Å². The molecule has 3 N–H and O–H groups in total. The number of aryl methyl sites for hydroxylation is 1. The highest BCUT2D eigenvalue weighted by molar-refractivity contribution is 6.13. The predicted octanol–water partition coefficient (Wildman–Crippen LogP) is 5.31. The third-order valence-corrected chi connectivity index (χ3v) is 11.3. The van der Waals surface area contributed by atoms with Crippen molar-refractivity contribution in [1.82, 2.24) is 9.91 Å². The fourth-order valence-corrected chi connectivity index (χ4v) is 9.14. The molecule has 10 heteroatoms. The number of carbonyl (C=O) groups excluding carboxylic acids is 4. The monoisotopic (exact) mass is 669 g/mol. The molecule has 6 unspecified atom stereocenters. The number of phenols is 1. The smallest absolute Gasteiger partial charge is 0.305 e. The van der Waals surface area contributed by atoms with Gasteiger partial charge < -0.3 is 10.2 Å². The number of phenolic OH excluding ortho intramolecular Hbond substituents is 1. The third kappa shape index (κ3) is 4.51. The largest absolute Gasteiger partial charge is 0.508 e. The van der Waals surface area contributed by atoms with Crippen LogP contribution in [0.4, 0.5) is 5.69 Å². The molecule has 2 saturated heterocycles. The van der Waals surface area contributed by atoms with Crippen molar-refractivity contribution in [1.29, 1.82) is 0 Å². The number of amides is 4. The zero-order chi connectivity index (χ0) is 34.9. The molecule has 0 spiro atoms. The van der Waals surface area contributed by atoms with Crippen LogP contribution in [-0.2, 0) is 29.4 Å². The van der Waals surface area contributed by atoms with Gasteiger partial charge in [-0.25, -0.2) is 0 Å². The number of hydrogen-bond donors (Lipinski definition) is 3. The highest BCUT2D eigenvalue weighted by atomic mass is 16.4. The quantitative estimate of drug-likeness (QED) is 0.177. The summed E-state index contributed by atoms with van der Waals surface area (Å²) in [6, 6.07) is 27.5. The van der Waals surface area contributed by atoms with Gasteiger partial charge >= 0.3 is 5.97 Å². The Hall–Kier alpha value is -5.77. The number of hydrogen-bond acceptors (Lipinski definition) is 7. The number of carboxylic acid groups (broad SMARTS) is 1. The molecular formula is C40H35N3O7. The summed E-state index contributed by atoms with van der Waals surface area (Å²) < 4.78 is 0. The number of aromatic hydroxyl groups is 1. The summed E-state index contributed by atoms with van der Waals surface area (Å²) >= 11 is 0. The van der Waals surface area contributed by atoms with Gasteiger partial charge in [0, 0.05) is 18.0 Å². The first-order chi connectivity index (χ1) is 24.1. The number of nitrogens with one attached hydrogen (secondary N) is 1. The number of hydrazine groups is 1. The van der Waals surface area contributed by atoms with Crippen LogP contribution in [-0.4, -0.2) is 56.3 Å². The normalized spacial score (nSPS) is 27.2. The zero-order valence-electron chi connectivity index (χ0n) is 27.3. The highest BCUT2D eigenvalue weighted by Gasteiger charge is 2.70. The molecule has 4 amide bonds. The first-order valence-electron chi connectivity index (χ1n) is 16.9. The lowest BCUT2D eigenvalue weighted by molar-refractivity contribution is -0.143. The van der Waals surface area contributed by atoms with Gasteiger partial charge in [0.25, 0.3) is 11.8 Å². The topological polar surface area (TPSA) is 144 Å². The molecule has 8 rings (SSSR count). The predicted molar refractivity (Wildman–Crippen MR) is 183 cm³/mol. The van der Waals surface area contributed by atoms with Crippen molar-refractivity contribution >= 4 is 46.1 Å². The maximum atomic E-state index is 15.3. The molecule has 6 atom stereocenters. The summed E-state index contributed by atoms with van der Waals surface area (Å²) in [7, 11) is 0. The van der Waals surface area contributed by atoms with E-state index in [4.69, 9.17) is 0 Å². The molecule has 4 aromatic rings. The number of carbonyl (C=O) groups is 5. The molecular weight excluding hydrogens is 634 g/mol. The van der Waals surface area contributed by atoms with Crippen molar-refractivity contribution in [2.24, 2.45) is 23.7 Å². The molecule has 252 valence electrons. The minimum absolute atomic E-state index is 0.0477. The summed E-state index contributed by atoms with van der Waals surface area (Å²) in [5, 5.41) is 23.8. The Balaban J connectivity index is 1.37. The standard InChI is InChI=1S/C40H35N3O7/c1-22-11-14-25(15-12-22)41-43-37(48)30-21-29-27(16-17-28-33(29)38(49)42(36(28)47)20-19-32(45)46)35(40(30,39(43)50)24-8-3-2-4-9-24)34-26-10-6-5-7-23(26)13-18-31(34)44/h2-16,18,28-30,33,35,41,44H,17,19-21H2,1H3,(H,45,46). The lowest BCUT2D eigenvalue weighted by Gasteiger charge is -2.51. The molecule has 2 heterocycles. The van der Waals surface area contributed by atoms with Gasteiger partial charge in [-0.2, -0.15) is 5.01 Å². The average Bonchev–Trinajstić information content (AvgIpc) is 3.49. The van der Waals surface area contributed by atoms with Crippen molar-refractivity contribution < 1.29 is 34.2 Å². The first kappa shape index (κ1) is 31.5. The Morgan fingerprint density at radius 3 is 2.32 bits per heavy atom. The molecule has 0 aromatic heterocycles. The van der Waals surface area contributed by atoms with Gasteiger partial charge in [-0.05, 0) is 60.2 Å². The van der Waals surface area contributed by atoms with Crippen LogP contribution in [0.25, 0.3) is 10.8 Å². The molecule has 10 nitrogen and oxygen atoms in total. The number of aliphatic carboxylic acids is 1. The van der Waals surface area contributed by atoms with Crippen LogP contribution in [0.2, 0.25) is 0 Å². The van der Waals surface area contributed by atoms with Crippen LogP contribution in [0.3, 0.4) is 0 Å². The number of carboxylic acids is 1. The fraction of sp³-hybridized carbons (Fsp3) is 0.275. The first-order valence-corrected chi connectivity index (χ1v) is 16.9. The lowest BCUT2D eigenvalue weighted by Crippen LogP contribution is -2.53. The molecule has 1 saturated carbocycles. The Bertz CT molecular complexity index is 2130. The maximum Gasteiger partial charge on any atom is 0.305 e. The van der Waals surface area contributed by atoms with Gasteiger partial charge in [0.2, 0.25) is 11.8 Å². The van der Waals surface area contributed by atoms with Crippen LogP contribution >= 0.6 is 0 Å². The van der Waals surface area contributed by atoms with E-state index in [2.05, 4.69) is 5.43 Å². The number of imide groups is 2. The summed E-state index contributed by atoms with van der Waals surface area (Å²) in [5.41, 5.74) is 4.92. The van der Waals surface area contributed by atoms with Gasteiger partial charge in [-0.15, -0.1) is 0 Å². The van der Waals surface area contributed by atoms with E-state index in [0.29, 0.717) is 22.2 Å². The van der Waals surface area contributed by atoms with Crippen molar-refractivity contribution in [3.63, 3.8) is 0 Å². The van der Waals surface area contributed by atoms with E-state index in [9.17, 15) is 29.4 Å². The third-order valence-electron chi connectivity index (χ3n) is 11.3. The number of likely N-dealkylation sites (tertiary alicyclic amines) is 1. The molecule has 0 radical (unpaired) electrons. The Morgan fingerprint density at radius 2 is 1.58 bits per heavy atom. The maximum absolute atomic E-state index is 15.3. The Kier molecular flexibility index (Phi) is 7.36. The van der Waals surface area contributed by atoms with Crippen LogP contribution in [0.1, 0.15) is 41.9 Å². The molecule has 2 aliphatic heterocycles. The van der Waals surface area contributed by atoms with Gasteiger partial charge in [0.05, 0.1) is 35.3 Å². The molecule has 3 fully saturated rings. The number of nitrogens with zero attached hydrogens (tertiary/aromatic N) is 2. The molecule has 4 aromatic carbocycles. The van der Waals surface area contributed by atoms with Gasteiger partial charge in [0.15, 0.2) is 0 Å². The van der Waals surface area contributed by atoms with E-state index in [1.54, 1.807) is 24.3 Å². The second kappa shape index (κ2) is 11.7.